The highest BCUT2D eigenvalue weighted by Crippen LogP contribution is 2.42. The standard InChI is InChI=1S/C15H23N5O/c16-10-3-6-20(8-10)13-11-9-21-15(4-1-2-5-15)7-12(11)18-14(17)19-13/h10H,1-9,16H2,(H2,17,18,19)/t10-/m0/s1. The summed E-state index contributed by atoms with van der Waals surface area (Å²) in [5.74, 6) is 1.32. The zero-order chi connectivity index (χ0) is 14.4. The molecule has 0 aromatic carbocycles. The maximum atomic E-state index is 6.24. The smallest absolute Gasteiger partial charge is 0.222 e. The molecule has 0 bridgehead atoms. The SMILES string of the molecule is Nc1nc2c(c(N3CC[C@H](N)C3)n1)COC1(CCCC1)C2. The second-order valence-electron chi connectivity index (χ2n) is 6.68. The van der Waals surface area contributed by atoms with E-state index >= 15 is 0 Å². The Morgan fingerprint density at radius 2 is 2.05 bits per heavy atom. The lowest BCUT2D eigenvalue weighted by Crippen LogP contribution is -2.38. The third-order valence-electron chi connectivity index (χ3n) is 5.14. The number of rotatable bonds is 1. The molecule has 4 N–H and O–H groups in total. The molecule has 1 atom stereocenters. The third kappa shape index (κ3) is 2.26. The summed E-state index contributed by atoms with van der Waals surface area (Å²) in [5.41, 5.74) is 14.2. The van der Waals surface area contributed by atoms with Crippen molar-refractivity contribution in [2.75, 3.05) is 23.7 Å². The summed E-state index contributed by atoms with van der Waals surface area (Å²) >= 11 is 0. The van der Waals surface area contributed by atoms with Crippen LogP contribution in [0.5, 0.6) is 0 Å². The molecule has 1 aliphatic carbocycles. The topological polar surface area (TPSA) is 90.3 Å². The molecule has 0 radical (unpaired) electrons. The minimum atomic E-state index is 0.00642. The molecule has 1 saturated heterocycles. The second kappa shape index (κ2) is 4.81. The molecule has 1 spiro atoms. The van der Waals surface area contributed by atoms with E-state index in [1.165, 1.54) is 12.8 Å². The summed E-state index contributed by atoms with van der Waals surface area (Å²) in [6.07, 6.45) is 6.67. The molecule has 3 aliphatic rings. The van der Waals surface area contributed by atoms with E-state index in [1.54, 1.807) is 0 Å². The number of ether oxygens (including phenoxy) is 1. The molecule has 2 aliphatic heterocycles. The largest absolute Gasteiger partial charge is 0.370 e. The zero-order valence-electron chi connectivity index (χ0n) is 12.3. The van der Waals surface area contributed by atoms with Gasteiger partial charge in [-0.2, -0.15) is 4.98 Å². The van der Waals surface area contributed by atoms with E-state index in [4.69, 9.17) is 16.2 Å². The first-order valence-corrected chi connectivity index (χ1v) is 7.95. The van der Waals surface area contributed by atoms with Gasteiger partial charge in [-0.05, 0) is 19.3 Å². The van der Waals surface area contributed by atoms with Crippen LogP contribution in [0.4, 0.5) is 11.8 Å². The molecule has 6 heteroatoms. The first-order valence-electron chi connectivity index (χ1n) is 7.95. The minimum absolute atomic E-state index is 0.00642. The lowest BCUT2D eigenvalue weighted by molar-refractivity contribution is -0.0633. The van der Waals surface area contributed by atoms with Gasteiger partial charge in [0.05, 0.1) is 17.9 Å². The predicted octanol–water partition coefficient (Wildman–Crippen LogP) is 0.982. The lowest BCUT2D eigenvalue weighted by atomic mass is 9.91. The Morgan fingerprint density at radius 3 is 2.76 bits per heavy atom. The molecule has 1 aromatic rings. The van der Waals surface area contributed by atoms with Gasteiger partial charge in [0.15, 0.2) is 0 Å². The van der Waals surface area contributed by atoms with Crippen molar-refractivity contribution in [3.8, 4) is 0 Å². The molecule has 21 heavy (non-hydrogen) atoms. The van der Waals surface area contributed by atoms with Crippen LogP contribution in [0.15, 0.2) is 0 Å². The number of nitrogens with zero attached hydrogens (tertiary/aromatic N) is 3. The van der Waals surface area contributed by atoms with Gasteiger partial charge in [-0.15, -0.1) is 0 Å². The molecule has 1 aromatic heterocycles. The van der Waals surface area contributed by atoms with Crippen LogP contribution in [0.1, 0.15) is 43.4 Å². The highest BCUT2D eigenvalue weighted by atomic mass is 16.5. The van der Waals surface area contributed by atoms with Crippen molar-refractivity contribution in [1.82, 2.24) is 9.97 Å². The van der Waals surface area contributed by atoms with Crippen LogP contribution in [0.3, 0.4) is 0 Å². The Kier molecular flexibility index (Phi) is 3.04. The number of hydrogen-bond donors (Lipinski definition) is 2. The van der Waals surface area contributed by atoms with Crippen molar-refractivity contribution < 1.29 is 4.74 Å². The molecular weight excluding hydrogens is 266 g/mol. The van der Waals surface area contributed by atoms with Crippen molar-refractivity contribution in [3.05, 3.63) is 11.3 Å². The average molecular weight is 289 g/mol. The molecule has 0 unspecified atom stereocenters. The Bertz CT molecular complexity index is 555. The number of nitrogens with two attached hydrogens (primary N) is 2. The normalized spacial score (nSPS) is 27.3. The van der Waals surface area contributed by atoms with Crippen LogP contribution >= 0.6 is 0 Å². The van der Waals surface area contributed by atoms with E-state index < -0.39 is 0 Å². The molecule has 114 valence electrons. The van der Waals surface area contributed by atoms with E-state index in [-0.39, 0.29) is 11.6 Å². The fourth-order valence-electron chi connectivity index (χ4n) is 3.99. The second-order valence-corrected chi connectivity index (χ2v) is 6.68. The number of aromatic nitrogens is 2. The maximum absolute atomic E-state index is 6.24. The molecule has 0 amide bonds. The number of anilines is 2. The van der Waals surface area contributed by atoms with Gasteiger partial charge in [0, 0.05) is 31.1 Å². The Balaban J connectivity index is 1.69. The van der Waals surface area contributed by atoms with Crippen molar-refractivity contribution in [2.24, 2.45) is 5.73 Å². The van der Waals surface area contributed by atoms with E-state index in [9.17, 15) is 0 Å². The van der Waals surface area contributed by atoms with Crippen LogP contribution in [-0.2, 0) is 17.8 Å². The van der Waals surface area contributed by atoms with Crippen molar-refractivity contribution in [1.29, 1.82) is 0 Å². The van der Waals surface area contributed by atoms with E-state index in [1.807, 2.05) is 0 Å². The highest BCUT2D eigenvalue weighted by Gasteiger charge is 2.40. The maximum Gasteiger partial charge on any atom is 0.222 e. The first-order chi connectivity index (χ1) is 10.2. The summed E-state index contributed by atoms with van der Waals surface area (Å²) < 4.78 is 6.24. The molecule has 1 saturated carbocycles. The molecule has 2 fully saturated rings. The molecule has 6 nitrogen and oxygen atoms in total. The minimum Gasteiger partial charge on any atom is -0.370 e. The van der Waals surface area contributed by atoms with E-state index in [0.29, 0.717) is 12.6 Å². The monoisotopic (exact) mass is 289 g/mol. The highest BCUT2D eigenvalue weighted by molar-refractivity contribution is 5.53. The Hall–Kier alpha value is -1.40. The summed E-state index contributed by atoms with van der Waals surface area (Å²) in [5, 5.41) is 0. The summed E-state index contributed by atoms with van der Waals surface area (Å²) in [6.45, 7) is 2.39. The zero-order valence-corrected chi connectivity index (χ0v) is 12.3. The molecular formula is C15H23N5O. The average Bonchev–Trinajstić information content (AvgIpc) is 3.07. The molecule has 4 rings (SSSR count). The van der Waals surface area contributed by atoms with Crippen molar-refractivity contribution >= 4 is 11.8 Å². The van der Waals surface area contributed by atoms with Gasteiger partial charge in [-0.3, -0.25) is 0 Å². The Morgan fingerprint density at radius 1 is 1.24 bits per heavy atom. The number of fused-ring (bicyclic) bond motifs is 1. The number of hydrogen-bond acceptors (Lipinski definition) is 6. The predicted molar refractivity (Wildman–Crippen MR) is 80.9 cm³/mol. The van der Waals surface area contributed by atoms with Crippen LogP contribution < -0.4 is 16.4 Å². The van der Waals surface area contributed by atoms with Gasteiger partial charge < -0.3 is 21.1 Å². The van der Waals surface area contributed by atoms with Gasteiger partial charge in [0.1, 0.15) is 5.82 Å². The van der Waals surface area contributed by atoms with E-state index in [0.717, 1.165) is 55.8 Å². The first kappa shape index (κ1) is 13.3. The van der Waals surface area contributed by atoms with Gasteiger partial charge in [0.25, 0.3) is 0 Å². The fourth-order valence-corrected chi connectivity index (χ4v) is 3.99. The Labute approximate surface area is 124 Å². The van der Waals surface area contributed by atoms with Crippen molar-refractivity contribution in [2.45, 2.75) is 56.8 Å². The summed E-state index contributed by atoms with van der Waals surface area (Å²) in [4.78, 5) is 11.2. The fraction of sp³-hybridized carbons (Fsp3) is 0.733. The lowest BCUT2D eigenvalue weighted by Gasteiger charge is -2.36. The quantitative estimate of drug-likeness (QED) is 0.801. The summed E-state index contributed by atoms with van der Waals surface area (Å²) in [7, 11) is 0. The van der Waals surface area contributed by atoms with Gasteiger partial charge >= 0.3 is 0 Å². The van der Waals surface area contributed by atoms with Crippen molar-refractivity contribution in [3.63, 3.8) is 0 Å². The van der Waals surface area contributed by atoms with Gasteiger partial charge in [-0.1, -0.05) is 12.8 Å². The molecule has 3 heterocycles. The summed E-state index contributed by atoms with van der Waals surface area (Å²) in [6, 6.07) is 0.225. The van der Waals surface area contributed by atoms with E-state index in [2.05, 4.69) is 14.9 Å². The van der Waals surface area contributed by atoms with Gasteiger partial charge in [0.2, 0.25) is 5.95 Å². The van der Waals surface area contributed by atoms with Crippen LogP contribution in [0, 0.1) is 0 Å². The van der Waals surface area contributed by atoms with Gasteiger partial charge in [-0.25, -0.2) is 4.98 Å². The number of nitrogen functional groups attached to an aromatic ring is 1. The third-order valence-corrected chi connectivity index (χ3v) is 5.14. The van der Waals surface area contributed by atoms with Crippen LogP contribution in [-0.4, -0.2) is 34.7 Å². The van der Waals surface area contributed by atoms with Crippen LogP contribution in [0.2, 0.25) is 0 Å². The van der Waals surface area contributed by atoms with Crippen LogP contribution in [0.25, 0.3) is 0 Å².